The largest absolute Gasteiger partial charge is 0.479 e. The first-order chi connectivity index (χ1) is 6.68. The minimum Gasteiger partial charge on any atom is -0.479 e. The molecule has 0 aliphatic carbocycles. The Labute approximate surface area is 82.6 Å². The van der Waals surface area contributed by atoms with Gasteiger partial charge < -0.3 is 14.6 Å². The molecule has 0 aromatic rings. The summed E-state index contributed by atoms with van der Waals surface area (Å²) in [7, 11) is 2.01. The molecule has 2 saturated heterocycles. The summed E-state index contributed by atoms with van der Waals surface area (Å²) in [5.74, 6) is -0.937. The first-order valence-corrected chi connectivity index (χ1v) is 4.88. The van der Waals surface area contributed by atoms with Gasteiger partial charge in [-0.15, -0.1) is 0 Å². The number of rotatable bonds is 2. The SMILES string of the molecule is CN1CCCC1C1OCC(C(=O)O)O1. The summed E-state index contributed by atoms with van der Waals surface area (Å²) >= 11 is 0. The molecule has 3 atom stereocenters. The molecule has 2 heterocycles. The third-order valence-corrected chi connectivity index (χ3v) is 2.88. The molecule has 3 unspecified atom stereocenters. The van der Waals surface area contributed by atoms with Gasteiger partial charge in [0.25, 0.3) is 0 Å². The van der Waals surface area contributed by atoms with E-state index in [4.69, 9.17) is 14.6 Å². The predicted molar refractivity (Wildman–Crippen MR) is 47.9 cm³/mol. The highest BCUT2D eigenvalue weighted by Crippen LogP contribution is 2.25. The highest BCUT2D eigenvalue weighted by Gasteiger charge is 2.39. The van der Waals surface area contributed by atoms with Crippen LogP contribution in [-0.4, -0.2) is 54.6 Å². The lowest BCUT2D eigenvalue weighted by Crippen LogP contribution is -2.37. The number of carboxylic acids is 1. The molecular weight excluding hydrogens is 186 g/mol. The van der Waals surface area contributed by atoms with Crippen LogP contribution < -0.4 is 0 Å². The van der Waals surface area contributed by atoms with Crippen LogP contribution in [0.4, 0.5) is 0 Å². The molecular formula is C9H15NO4. The first-order valence-electron chi connectivity index (χ1n) is 4.88. The third kappa shape index (κ3) is 1.75. The van der Waals surface area contributed by atoms with Crippen molar-refractivity contribution in [1.29, 1.82) is 0 Å². The lowest BCUT2D eigenvalue weighted by atomic mass is 10.2. The Morgan fingerprint density at radius 2 is 2.36 bits per heavy atom. The molecule has 1 N–H and O–H groups in total. The maximum Gasteiger partial charge on any atom is 0.335 e. The van der Waals surface area contributed by atoms with Gasteiger partial charge in [0.15, 0.2) is 12.4 Å². The Bertz CT molecular complexity index is 233. The summed E-state index contributed by atoms with van der Waals surface area (Å²) in [6, 6.07) is 0.222. The Morgan fingerprint density at radius 1 is 1.57 bits per heavy atom. The molecule has 2 rings (SSSR count). The Hall–Kier alpha value is -0.650. The number of likely N-dealkylation sites (tertiary alicyclic amines) is 1. The van der Waals surface area contributed by atoms with Crippen molar-refractivity contribution in [2.24, 2.45) is 0 Å². The molecule has 80 valence electrons. The number of carbonyl (C=O) groups is 1. The average molecular weight is 201 g/mol. The second-order valence-electron chi connectivity index (χ2n) is 3.85. The maximum absolute atomic E-state index is 10.6. The minimum absolute atomic E-state index is 0.171. The second-order valence-corrected chi connectivity index (χ2v) is 3.85. The topological polar surface area (TPSA) is 59.0 Å². The lowest BCUT2D eigenvalue weighted by Gasteiger charge is -2.24. The number of hydrogen-bond acceptors (Lipinski definition) is 4. The van der Waals surface area contributed by atoms with Gasteiger partial charge in [-0.25, -0.2) is 4.79 Å². The number of likely N-dealkylation sites (N-methyl/N-ethyl adjacent to an activating group) is 1. The summed E-state index contributed by atoms with van der Waals surface area (Å²) in [5.41, 5.74) is 0. The summed E-state index contributed by atoms with van der Waals surface area (Å²) in [6.45, 7) is 1.20. The van der Waals surface area contributed by atoms with E-state index in [1.54, 1.807) is 0 Å². The third-order valence-electron chi connectivity index (χ3n) is 2.88. The van der Waals surface area contributed by atoms with Gasteiger partial charge in [-0.1, -0.05) is 0 Å². The predicted octanol–water partition coefficient (Wildman–Crippen LogP) is -0.0933. The van der Waals surface area contributed by atoms with Gasteiger partial charge in [0, 0.05) is 0 Å². The van der Waals surface area contributed by atoms with Crippen LogP contribution in [-0.2, 0) is 14.3 Å². The average Bonchev–Trinajstić information content (AvgIpc) is 2.71. The van der Waals surface area contributed by atoms with Crippen molar-refractivity contribution in [2.75, 3.05) is 20.2 Å². The van der Waals surface area contributed by atoms with Crippen LogP contribution in [0.1, 0.15) is 12.8 Å². The second kappa shape index (κ2) is 3.84. The van der Waals surface area contributed by atoms with Gasteiger partial charge in [0.05, 0.1) is 12.6 Å². The molecule has 0 aromatic carbocycles. The molecule has 14 heavy (non-hydrogen) atoms. The number of carboxylic acid groups (broad SMARTS) is 1. The zero-order valence-electron chi connectivity index (χ0n) is 8.18. The van der Waals surface area contributed by atoms with Gasteiger partial charge in [0.1, 0.15) is 0 Å². The summed E-state index contributed by atoms with van der Waals surface area (Å²) in [6.07, 6.45) is 1.01. The standard InChI is InChI=1S/C9H15NO4/c1-10-4-2-3-6(10)9-13-5-7(14-9)8(11)12/h6-7,9H,2-5H2,1H3,(H,11,12). The molecule has 0 saturated carbocycles. The highest BCUT2D eigenvalue weighted by atomic mass is 16.7. The highest BCUT2D eigenvalue weighted by molar-refractivity contribution is 5.72. The number of nitrogens with zero attached hydrogens (tertiary/aromatic N) is 1. The zero-order chi connectivity index (χ0) is 10.1. The van der Waals surface area contributed by atoms with Crippen molar-refractivity contribution in [1.82, 2.24) is 4.90 Å². The van der Waals surface area contributed by atoms with E-state index >= 15 is 0 Å². The maximum atomic E-state index is 10.6. The van der Waals surface area contributed by atoms with Crippen molar-refractivity contribution < 1.29 is 19.4 Å². The molecule has 2 fully saturated rings. The molecule has 5 heteroatoms. The fraction of sp³-hybridized carbons (Fsp3) is 0.889. The number of hydrogen-bond donors (Lipinski definition) is 1. The molecule has 5 nitrogen and oxygen atoms in total. The summed E-state index contributed by atoms with van der Waals surface area (Å²) in [5, 5.41) is 8.72. The monoisotopic (exact) mass is 201 g/mol. The molecule has 0 amide bonds. The van der Waals surface area contributed by atoms with Crippen molar-refractivity contribution >= 4 is 5.97 Å². The molecule has 0 aromatic heterocycles. The van der Waals surface area contributed by atoms with Crippen molar-refractivity contribution in [3.05, 3.63) is 0 Å². The van der Waals surface area contributed by atoms with Crippen LogP contribution in [0, 0.1) is 0 Å². The van der Waals surface area contributed by atoms with Crippen molar-refractivity contribution in [3.8, 4) is 0 Å². The lowest BCUT2D eigenvalue weighted by molar-refractivity contribution is -0.153. The van der Waals surface area contributed by atoms with Crippen LogP contribution in [0.25, 0.3) is 0 Å². The quantitative estimate of drug-likeness (QED) is 0.676. The van der Waals surface area contributed by atoms with E-state index in [1.165, 1.54) is 0 Å². The van der Waals surface area contributed by atoms with Crippen LogP contribution in [0.5, 0.6) is 0 Å². The molecule has 2 aliphatic rings. The minimum atomic E-state index is -0.937. The van der Waals surface area contributed by atoms with E-state index in [0.717, 1.165) is 19.4 Å². The smallest absolute Gasteiger partial charge is 0.335 e. The fourth-order valence-electron chi connectivity index (χ4n) is 2.03. The van der Waals surface area contributed by atoms with Crippen LogP contribution in [0.15, 0.2) is 0 Å². The van der Waals surface area contributed by atoms with E-state index in [-0.39, 0.29) is 18.9 Å². The van der Waals surface area contributed by atoms with E-state index in [0.29, 0.717) is 0 Å². The van der Waals surface area contributed by atoms with E-state index in [9.17, 15) is 4.79 Å². The fourth-order valence-corrected chi connectivity index (χ4v) is 2.03. The Morgan fingerprint density at radius 3 is 2.86 bits per heavy atom. The van der Waals surface area contributed by atoms with E-state index in [2.05, 4.69) is 4.90 Å². The van der Waals surface area contributed by atoms with Gasteiger partial charge >= 0.3 is 5.97 Å². The zero-order valence-corrected chi connectivity index (χ0v) is 8.18. The Balaban J connectivity index is 1.91. The summed E-state index contributed by atoms with van der Waals surface area (Å²) in [4.78, 5) is 12.8. The Kier molecular flexibility index (Phi) is 2.71. The molecule has 2 aliphatic heterocycles. The van der Waals surface area contributed by atoms with Gasteiger partial charge in [-0.05, 0) is 26.4 Å². The van der Waals surface area contributed by atoms with Crippen molar-refractivity contribution in [2.45, 2.75) is 31.3 Å². The molecule has 0 radical (unpaired) electrons. The molecule has 0 spiro atoms. The van der Waals surface area contributed by atoms with E-state index in [1.807, 2.05) is 7.05 Å². The van der Waals surface area contributed by atoms with Crippen LogP contribution >= 0.6 is 0 Å². The number of aliphatic carboxylic acids is 1. The van der Waals surface area contributed by atoms with E-state index < -0.39 is 12.1 Å². The van der Waals surface area contributed by atoms with Crippen LogP contribution in [0.2, 0.25) is 0 Å². The van der Waals surface area contributed by atoms with Gasteiger partial charge in [-0.2, -0.15) is 0 Å². The van der Waals surface area contributed by atoms with Crippen molar-refractivity contribution in [3.63, 3.8) is 0 Å². The first kappa shape index (κ1) is 9.89. The van der Waals surface area contributed by atoms with Crippen LogP contribution in [0.3, 0.4) is 0 Å². The normalized spacial score (nSPS) is 39.1. The van der Waals surface area contributed by atoms with Gasteiger partial charge in [-0.3, -0.25) is 4.90 Å². The molecule has 0 bridgehead atoms. The number of ether oxygens (including phenoxy) is 2. The summed E-state index contributed by atoms with van der Waals surface area (Å²) < 4.78 is 10.7. The van der Waals surface area contributed by atoms with Gasteiger partial charge in [0.2, 0.25) is 0 Å².